The molecule has 0 saturated heterocycles. The second-order valence-corrected chi connectivity index (χ2v) is 3.24. The summed E-state index contributed by atoms with van der Waals surface area (Å²) in [6, 6.07) is 4.78. The zero-order chi connectivity index (χ0) is 9.84. The van der Waals surface area contributed by atoms with Gasteiger partial charge < -0.3 is 11.1 Å². The van der Waals surface area contributed by atoms with Crippen LogP contribution in [0.3, 0.4) is 0 Å². The van der Waals surface area contributed by atoms with Gasteiger partial charge in [-0.2, -0.15) is 0 Å². The van der Waals surface area contributed by atoms with Crippen molar-refractivity contribution in [3.63, 3.8) is 0 Å². The van der Waals surface area contributed by atoms with Crippen LogP contribution in [0.1, 0.15) is 12.5 Å². The maximum absolute atomic E-state index is 12.8. The van der Waals surface area contributed by atoms with Crippen molar-refractivity contribution in [2.75, 3.05) is 12.8 Å². The first-order valence-corrected chi connectivity index (χ1v) is 4.34. The van der Waals surface area contributed by atoms with Crippen LogP contribution in [0.15, 0.2) is 18.2 Å². The summed E-state index contributed by atoms with van der Waals surface area (Å²) < 4.78 is 12.8. The highest BCUT2D eigenvalue weighted by Crippen LogP contribution is 2.14. The average molecular weight is 182 g/mol. The van der Waals surface area contributed by atoms with Gasteiger partial charge >= 0.3 is 0 Å². The first-order valence-electron chi connectivity index (χ1n) is 4.34. The quantitative estimate of drug-likeness (QED) is 0.696. The van der Waals surface area contributed by atoms with Gasteiger partial charge in [-0.15, -0.1) is 0 Å². The van der Waals surface area contributed by atoms with Gasteiger partial charge in [-0.05, 0) is 44.2 Å². The smallest absolute Gasteiger partial charge is 0.123 e. The lowest BCUT2D eigenvalue weighted by Gasteiger charge is -2.11. The minimum atomic E-state index is -0.229. The predicted octanol–water partition coefficient (Wildman–Crippen LogP) is 1.56. The first-order chi connectivity index (χ1) is 6.13. The molecule has 0 heterocycles. The molecular formula is C10H15FN2. The zero-order valence-electron chi connectivity index (χ0n) is 7.97. The highest BCUT2D eigenvalue weighted by Gasteiger charge is 2.05. The first kappa shape index (κ1) is 9.99. The molecule has 2 nitrogen and oxygen atoms in total. The maximum Gasteiger partial charge on any atom is 0.123 e. The summed E-state index contributed by atoms with van der Waals surface area (Å²) in [5.41, 5.74) is 7.22. The second kappa shape index (κ2) is 4.23. The Labute approximate surface area is 77.9 Å². The Morgan fingerprint density at radius 3 is 2.85 bits per heavy atom. The van der Waals surface area contributed by atoms with Gasteiger partial charge in [-0.1, -0.05) is 0 Å². The molecule has 0 spiro atoms. The Bertz CT molecular complexity index is 286. The summed E-state index contributed by atoms with van der Waals surface area (Å²) >= 11 is 0. The standard InChI is InChI=1S/C10H15FN2/c1-7(13-2)5-8-6-9(11)3-4-10(8)12/h3-4,6-7,13H,5,12H2,1-2H3. The van der Waals surface area contributed by atoms with Crippen LogP contribution in [0, 0.1) is 5.82 Å². The zero-order valence-corrected chi connectivity index (χ0v) is 7.97. The van der Waals surface area contributed by atoms with Gasteiger partial charge in [0.25, 0.3) is 0 Å². The Balaban J connectivity index is 2.81. The molecular weight excluding hydrogens is 167 g/mol. The number of nitrogens with two attached hydrogens (primary N) is 1. The van der Waals surface area contributed by atoms with E-state index in [4.69, 9.17) is 5.73 Å². The van der Waals surface area contributed by atoms with Gasteiger partial charge in [0.1, 0.15) is 5.82 Å². The Morgan fingerprint density at radius 2 is 2.23 bits per heavy atom. The highest BCUT2D eigenvalue weighted by molar-refractivity contribution is 5.47. The lowest BCUT2D eigenvalue weighted by Crippen LogP contribution is -2.24. The fourth-order valence-electron chi connectivity index (χ4n) is 1.18. The van der Waals surface area contributed by atoms with E-state index in [1.165, 1.54) is 12.1 Å². The third kappa shape index (κ3) is 2.70. The van der Waals surface area contributed by atoms with E-state index in [1.54, 1.807) is 6.07 Å². The average Bonchev–Trinajstić information content (AvgIpc) is 2.11. The monoisotopic (exact) mass is 182 g/mol. The third-order valence-corrected chi connectivity index (χ3v) is 2.12. The Morgan fingerprint density at radius 1 is 1.54 bits per heavy atom. The minimum Gasteiger partial charge on any atom is -0.399 e. The maximum atomic E-state index is 12.8. The van der Waals surface area contributed by atoms with Crippen molar-refractivity contribution in [1.29, 1.82) is 0 Å². The molecule has 3 N–H and O–H groups in total. The largest absolute Gasteiger partial charge is 0.399 e. The fourth-order valence-corrected chi connectivity index (χ4v) is 1.18. The molecule has 1 aromatic rings. The van der Waals surface area contributed by atoms with Crippen molar-refractivity contribution in [3.05, 3.63) is 29.6 Å². The number of nitrogens with one attached hydrogen (secondary N) is 1. The number of anilines is 1. The molecule has 0 saturated carbocycles. The van der Waals surface area contributed by atoms with Crippen LogP contribution in [0.5, 0.6) is 0 Å². The van der Waals surface area contributed by atoms with Crippen LogP contribution in [0.4, 0.5) is 10.1 Å². The topological polar surface area (TPSA) is 38.0 Å². The molecule has 1 rings (SSSR count). The number of benzene rings is 1. The molecule has 0 aliphatic heterocycles. The van der Waals surface area contributed by atoms with Crippen LogP contribution in [-0.2, 0) is 6.42 Å². The molecule has 0 radical (unpaired) electrons. The summed E-state index contributed by atoms with van der Waals surface area (Å²) in [4.78, 5) is 0. The summed E-state index contributed by atoms with van der Waals surface area (Å²) in [5.74, 6) is -0.229. The number of rotatable bonds is 3. The van der Waals surface area contributed by atoms with Crippen LogP contribution < -0.4 is 11.1 Å². The Hall–Kier alpha value is -1.09. The van der Waals surface area contributed by atoms with E-state index >= 15 is 0 Å². The molecule has 1 aromatic carbocycles. The van der Waals surface area contributed by atoms with E-state index in [1.807, 2.05) is 14.0 Å². The van der Waals surface area contributed by atoms with Gasteiger partial charge in [0.15, 0.2) is 0 Å². The van der Waals surface area contributed by atoms with E-state index < -0.39 is 0 Å². The third-order valence-electron chi connectivity index (χ3n) is 2.12. The van der Waals surface area contributed by atoms with E-state index in [-0.39, 0.29) is 5.82 Å². The van der Waals surface area contributed by atoms with Crippen molar-refractivity contribution in [3.8, 4) is 0 Å². The molecule has 0 amide bonds. The fraction of sp³-hybridized carbons (Fsp3) is 0.400. The van der Waals surface area contributed by atoms with Gasteiger partial charge in [0.05, 0.1) is 0 Å². The molecule has 0 bridgehead atoms. The summed E-state index contributed by atoms with van der Waals surface area (Å²) in [7, 11) is 1.88. The van der Waals surface area contributed by atoms with E-state index in [9.17, 15) is 4.39 Å². The van der Waals surface area contributed by atoms with Crippen LogP contribution in [-0.4, -0.2) is 13.1 Å². The summed E-state index contributed by atoms with van der Waals surface area (Å²) in [5, 5.41) is 3.08. The van der Waals surface area contributed by atoms with E-state index in [0.29, 0.717) is 11.7 Å². The molecule has 13 heavy (non-hydrogen) atoms. The van der Waals surface area contributed by atoms with Crippen LogP contribution in [0.2, 0.25) is 0 Å². The summed E-state index contributed by atoms with van der Waals surface area (Å²) in [6.45, 7) is 2.03. The van der Waals surface area contributed by atoms with Gasteiger partial charge in [0, 0.05) is 11.7 Å². The molecule has 0 aliphatic rings. The van der Waals surface area contributed by atoms with Crippen LogP contribution in [0.25, 0.3) is 0 Å². The van der Waals surface area contributed by atoms with Crippen molar-refractivity contribution < 1.29 is 4.39 Å². The predicted molar refractivity (Wildman–Crippen MR) is 53.0 cm³/mol. The number of hydrogen-bond donors (Lipinski definition) is 2. The normalized spacial score (nSPS) is 12.8. The van der Waals surface area contributed by atoms with Gasteiger partial charge in [0.2, 0.25) is 0 Å². The molecule has 1 unspecified atom stereocenters. The van der Waals surface area contributed by atoms with Crippen molar-refractivity contribution >= 4 is 5.69 Å². The van der Waals surface area contributed by atoms with E-state index in [0.717, 1.165) is 12.0 Å². The second-order valence-electron chi connectivity index (χ2n) is 3.24. The van der Waals surface area contributed by atoms with Crippen molar-refractivity contribution in [1.82, 2.24) is 5.32 Å². The molecule has 1 atom stereocenters. The highest BCUT2D eigenvalue weighted by atomic mass is 19.1. The summed E-state index contributed by atoms with van der Waals surface area (Å²) in [6.07, 6.45) is 0.750. The minimum absolute atomic E-state index is 0.229. The SMILES string of the molecule is CNC(C)Cc1cc(F)ccc1N. The van der Waals surface area contributed by atoms with Crippen molar-refractivity contribution in [2.45, 2.75) is 19.4 Å². The number of hydrogen-bond acceptors (Lipinski definition) is 2. The molecule has 72 valence electrons. The lowest BCUT2D eigenvalue weighted by molar-refractivity contribution is 0.598. The lowest BCUT2D eigenvalue weighted by atomic mass is 10.1. The van der Waals surface area contributed by atoms with Crippen LogP contribution >= 0.6 is 0 Å². The Kier molecular flexibility index (Phi) is 3.25. The molecule has 0 aliphatic carbocycles. The molecule has 0 aromatic heterocycles. The molecule has 3 heteroatoms. The van der Waals surface area contributed by atoms with Gasteiger partial charge in [-0.25, -0.2) is 4.39 Å². The molecule has 0 fully saturated rings. The number of nitrogen functional groups attached to an aromatic ring is 1. The number of likely N-dealkylation sites (N-methyl/N-ethyl adjacent to an activating group) is 1. The number of halogens is 1. The van der Waals surface area contributed by atoms with Gasteiger partial charge in [-0.3, -0.25) is 0 Å². The van der Waals surface area contributed by atoms with E-state index in [2.05, 4.69) is 5.32 Å². The van der Waals surface area contributed by atoms with Crippen molar-refractivity contribution in [2.24, 2.45) is 0 Å².